The third kappa shape index (κ3) is 7.55. The quantitative estimate of drug-likeness (QED) is 0.339. The second-order valence-corrected chi connectivity index (χ2v) is 6.07. The molecule has 128 valence electrons. The lowest BCUT2D eigenvalue weighted by Crippen LogP contribution is -2.19. The van der Waals surface area contributed by atoms with Crippen molar-refractivity contribution in [3.63, 3.8) is 0 Å². The first kappa shape index (κ1) is 19.6. The van der Waals surface area contributed by atoms with Gasteiger partial charge in [0.05, 0.1) is 19.1 Å². The van der Waals surface area contributed by atoms with Gasteiger partial charge in [0, 0.05) is 12.0 Å². The molecule has 0 aromatic heterocycles. The molecule has 4 nitrogen and oxygen atoms in total. The van der Waals surface area contributed by atoms with Crippen LogP contribution in [0.1, 0.15) is 33.1 Å². The van der Waals surface area contributed by atoms with Crippen LogP contribution in [-0.2, 0) is 9.53 Å². The van der Waals surface area contributed by atoms with E-state index in [2.05, 4.69) is 11.9 Å². The SMILES string of the molecule is CCCCC(C=Nc1ccccc1OCCSC)C(=O)OCC. The van der Waals surface area contributed by atoms with E-state index in [4.69, 9.17) is 9.47 Å². The molecule has 1 aromatic rings. The van der Waals surface area contributed by atoms with Crippen molar-refractivity contribution in [2.45, 2.75) is 33.1 Å². The minimum atomic E-state index is -0.297. The highest BCUT2D eigenvalue weighted by molar-refractivity contribution is 7.98. The molecular formula is C18H27NO3S. The summed E-state index contributed by atoms with van der Waals surface area (Å²) in [6, 6.07) is 7.64. The van der Waals surface area contributed by atoms with E-state index in [1.165, 1.54) is 0 Å². The van der Waals surface area contributed by atoms with Crippen LogP contribution in [-0.4, -0.2) is 37.4 Å². The monoisotopic (exact) mass is 337 g/mol. The summed E-state index contributed by atoms with van der Waals surface area (Å²) >= 11 is 1.74. The first-order chi connectivity index (χ1) is 11.2. The van der Waals surface area contributed by atoms with E-state index in [0.29, 0.717) is 13.2 Å². The Balaban J connectivity index is 2.79. The molecule has 0 N–H and O–H groups in total. The van der Waals surface area contributed by atoms with Gasteiger partial charge < -0.3 is 9.47 Å². The molecule has 0 radical (unpaired) electrons. The number of nitrogens with zero attached hydrogens (tertiary/aromatic N) is 1. The summed E-state index contributed by atoms with van der Waals surface area (Å²) in [5.41, 5.74) is 0.749. The van der Waals surface area contributed by atoms with Crippen molar-refractivity contribution < 1.29 is 14.3 Å². The van der Waals surface area contributed by atoms with Crippen LogP contribution >= 0.6 is 11.8 Å². The van der Waals surface area contributed by atoms with Crippen LogP contribution in [0.2, 0.25) is 0 Å². The van der Waals surface area contributed by atoms with E-state index in [-0.39, 0.29) is 11.9 Å². The average Bonchev–Trinajstić information content (AvgIpc) is 2.56. The molecule has 0 aliphatic rings. The van der Waals surface area contributed by atoms with Gasteiger partial charge in [-0.3, -0.25) is 9.79 Å². The molecule has 0 spiro atoms. The van der Waals surface area contributed by atoms with Crippen molar-refractivity contribution in [2.75, 3.05) is 25.2 Å². The van der Waals surface area contributed by atoms with Gasteiger partial charge in [-0.05, 0) is 31.7 Å². The zero-order valence-corrected chi connectivity index (χ0v) is 15.1. The normalized spacial score (nSPS) is 12.3. The van der Waals surface area contributed by atoms with Crippen LogP contribution in [0.5, 0.6) is 5.75 Å². The third-order valence-electron chi connectivity index (χ3n) is 3.26. The number of rotatable bonds is 11. The number of carbonyl (C=O) groups is 1. The van der Waals surface area contributed by atoms with Gasteiger partial charge in [0.25, 0.3) is 0 Å². The van der Waals surface area contributed by atoms with E-state index in [0.717, 1.165) is 36.5 Å². The van der Waals surface area contributed by atoms with E-state index < -0.39 is 0 Å². The molecule has 1 atom stereocenters. The molecule has 23 heavy (non-hydrogen) atoms. The fraction of sp³-hybridized carbons (Fsp3) is 0.556. The highest BCUT2D eigenvalue weighted by atomic mass is 32.2. The molecule has 0 amide bonds. The summed E-state index contributed by atoms with van der Waals surface area (Å²) < 4.78 is 10.9. The number of para-hydroxylation sites is 2. The van der Waals surface area contributed by atoms with Gasteiger partial charge in [-0.2, -0.15) is 11.8 Å². The molecule has 1 unspecified atom stereocenters. The number of hydrogen-bond acceptors (Lipinski definition) is 5. The van der Waals surface area contributed by atoms with Crippen molar-refractivity contribution >= 4 is 29.6 Å². The topological polar surface area (TPSA) is 47.9 Å². The van der Waals surface area contributed by atoms with E-state index in [9.17, 15) is 4.79 Å². The van der Waals surface area contributed by atoms with Gasteiger partial charge in [-0.25, -0.2) is 0 Å². The average molecular weight is 337 g/mol. The lowest BCUT2D eigenvalue weighted by Gasteiger charge is -2.11. The maximum absolute atomic E-state index is 12.0. The summed E-state index contributed by atoms with van der Waals surface area (Å²) in [6.07, 6.45) is 6.52. The predicted octanol–water partition coefficient (Wildman–Crippen LogP) is 4.50. The fourth-order valence-corrected chi connectivity index (χ4v) is 2.27. The Morgan fingerprint density at radius 3 is 2.83 bits per heavy atom. The smallest absolute Gasteiger partial charge is 0.314 e. The van der Waals surface area contributed by atoms with Crippen molar-refractivity contribution in [3.8, 4) is 5.75 Å². The van der Waals surface area contributed by atoms with E-state index >= 15 is 0 Å². The molecule has 0 bridgehead atoms. The maximum Gasteiger partial charge on any atom is 0.314 e. The lowest BCUT2D eigenvalue weighted by molar-refractivity contribution is -0.145. The number of thioether (sulfide) groups is 1. The van der Waals surface area contributed by atoms with E-state index in [1.54, 1.807) is 18.0 Å². The highest BCUT2D eigenvalue weighted by Crippen LogP contribution is 2.27. The van der Waals surface area contributed by atoms with Crippen LogP contribution < -0.4 is 4.74 Å². The molecule has 0 heterocycles. The van der Waals surface area contributed by atoms with Crippen LogP contribution in [0.25, 0.3) is 0 Å². The molecule has 5 heteroatoms. The number of unbranched alkanes of at least 4 members (excludes halogenated alkanes) is 1. The Bertz CT molecular complexity index is 491. The number of hydrogen-bond donors (Lipinski definition) is 0. The number of esters is 1. The van der Waals surface area contributed by atoms with Crippen molar-refractivity contribution in [3.05, 3.63) is 24.3 Å². The first-order valence-electron chi connectivity index (χ1n) is 8.14. The van der Waals surface area contributed by atoms with Gasteiger partial charge >= 0.3 is 5.97 Å². The van der Waals surface area contributed by atoms with Gasteiger partial charge in [-0.15, -0.1) is 0 Å². The third-order valence-corrected chi connectivity index (χ3v) is 3.84. The van der Waals surface area contributed by atoms with Gasteiger partial charge in [0.2, 0.25) is 0 Å². The molecule has 0 saturated heterocycles. The largest absolute Gasteiger partial charge is 0.490 e. The summed E-state index contributed by atoms with van der Waals surface area (Å²) in [6.45, 7) is 4.96. The van der Waals surface area contributed by atoms with Crippen LogP contribution in [0, 0.1) is 5.92 Å². The van der Waals surface area contributed by atoms with Gasteiger partial charge in [0.1, 0.15) is 11.4 Å². The zero-order valence-electron chi connectivity index (χ0n) is 14.3. The Labute approximate surface area is 143 Å². The zero-order chi connectivity index (χ0) is 16.9. The van der Waals surface area contributed by atoms with Crippen LogP contribution in [0.4, 0.5) is 5.69 Å². The van der Waals surface area contributed by atoms with Crippen molar-refractivity contribution in [1.29, 1.82) is 0 Å². The molecule has 1 rings (SSSR count). The van der Waals surface area contributed by atoms with Gasteiger partial charge in [0.15, 0.2) is 0 Å². The lowest BCUT2D eigenvalue weighted by atomic mass is 10.0. The molecular weight excluding hydrogens is 310 g/mol. The highest BCUT2D eigenvalue weighted by Gasteiger charge is 2.17. The first-order valence-corrected chi connectivity index (χ1v) is 9.53. The maximum atomic E-state index is 12.0. The Morgan fingerprint density at radius 2 is 2.13 bits per heavy atom. The second kappa shape index (κ2) is 12.0. The number of aliphatic imine (C=N–C) groups is 1. The molecule has 1 aromatic carbocycles. The summed E-state index contributed by atoms with van der Waals surface area (Å²) in [4.78, 5) is 16.5. The van der Waals surface area contributed by atoms with Crippen molar-refractivity contribution in [1.82, 2.24) is 0 Å². The summed E-state index contributed by atoms with van der Waals surface area (Å²) in [7, 11) is 0. The molecule has 0 aliphatic carbocycles. The minimum Gasteiger partial charge on any atom is -0.490 e. The number of carbonyl (C=O) groups excluding carboxylic acids is 1. The summed E-state index contributed by atoms with van der Waals surface area (Å²) in [5, 5.41) is 0. The Morgan fingerprint density at radius 1 is 1.35 bits per heavy atom. The molecule has 0 fully saturated rings. The fourth-order valence-electron chi connectivity index (χ4n) is 2.02. The van der Waals surface area contributed by atoms with E-state index in [1.807, 2.05) is 37.4 Å². The number of benzene rings is 1. The Hall–Kier alpha value is -1.49. The molecule has 0 aliphatic heterocycles. The standard InChI is InChI=1S/C18H27NO3S/c1-4-6-9-15(18(20)21-5-2)14-19-16-10-7-8-11-17(16)22-12-13-23-3/h7-8,10-11,14-15H,4-6,9,12-13H2,1-3H3. The predicted molar refractivity (Wildman–Crippen MR) is 98.1 cm³/mol. The second-order valence-electron chi connectivity index (χ2n) is 5.09. The number of ether oxygens (including phenoxy) is 2. The van der Waals surface area contributed by atoms with Crippen molar-refractivity contribution in [2.24, 2.45) is 10.9 Å². The molecule has 0 saturated carbocycles. The Kier molecular flexibility index (Phi) is 10.2. The van der Waals surface area contributed by atoms with Crippen LogP contribution in [0.15, 0.2) is 29.3 Å². The minimum absolute atomic E-state index is 0.203. The van der Waals surface area contributed by atoms with Crippen LogP contribution in [0.3, 0.4) is 0 Å². The van der Waals surface area contributed by atoms with Gasteiger partial charge in [-0.1, -0.05) is 31.9 Å². The summed E-state index contributed by atoms with van der Waals surface area (Å²) in [5.74, 6) is 1.18.